The number of fused-ring (bicyclic) bond motifs is 4. The van der Waals surface area contributed by atoms with E-state index < -0.39 is 0 Å². The van der Waals surface area contributed by atoms with Crippen LogP contribution in [0.25, 0.3) is 42.1 Å². The van der Waals surface area contributed by atoms with Gasteiger partial charge >= 0.3 is 0 Å². The minimum absolute atomic E-state index is 1.10. The third kappa shape index (κ3) is 2.94. The van der Waals surface area contributed by atoms with Crippen LogP contribution in [0.5, 0.6) is 0 Å². The molecule has 0 saturated heterocycles. The second kappa shape index (κ2) is 7.01. The predicted octanol–water partition coefficient (Wildman–Crippen LogP) is 8.62. The average molecular weight is 402 g/mol. The van der Waals surface area contributed by atoms with Crippen LogP contribution in [-0.2, 0) is 0 Å². The fraction of sp³-hybridized carbons (Fsp3) is 0. The minimum atomic E-state index is 1.10. The van der Waals surface area contributed by atoms with E-state index in [1.807, 2.05) is 17.4 Å². The van der Waals surface area contributed by atoms with Gasteiger partial charge in [-0.2, -0.15) is 0 Å². The molecule has 0 aliphatic heterocycles. The Labute approximate surface area is 179 Å². The molecule has 0 unspecified atom stereocenters. The summed E-state index contributed by atoms with van der Waals surface area (Å²) in [6.45, 7) is 0. The average Bonchev–Trinajstić information content (AvgIpc) is 3.18. The van der Waals surface area contributed by atoms with Gasteiger partial charge in [0.25, 0.3) is 0 Å². The van der Waals surface area contributed by atoms with Gasteiger partial charge in [0.2, 0.25) is 0 Å². The summed E-state index contributed by atoms with van der Waals surface area (Å²) in [4.78, 5) is 0. The Balaban J connectivity index is 1.62. The zero-order valence-corrected chi connectivity index (χ0v) is 17.1. The van der Waals surface area contributed by atoms with Crippen LogP contribution in [0.1, 0.15) is 0 Å². The monoisotopic (exact) mass is 401 g/mol. The van der Waals surface area contributed by atoms with Crippen LogP contribution in [0.2, 0.25) is 0 Å². The lowest BCUT2D eigenvalue weighted by atomic mass is 9.98. The Hall–Kier alpha value is -3.62. The van der Waals surface area contributed by atoms with Crippen LogP contribution < -0.4 is 5.32 Å². The van der Waals surface area contributed by atoms with Gasteiger partial charge in [-0.05, 0) is 52.7 Å². The van der Waals surface area contributed by atoms with E-state index in [1.165, 1.54) is 42.1 Å². The highest BCUT2D eigenvalue weighted by molar-refractivity contribution is 7.26. The first-order chi connectivity index (χ1) is 14.8. The van der Waals surface area contributed by atoms with Crippen LogP contribution >= 0.6 is 11.3 Å². The Bertz CT molecular complexity index is 1510. The molecule has 0 bridgehead atoms. The van der Waals surface area contributed by atoms with Crippen molar-refractivity contribution in [1.82, 2.24) is 0 Å². The predicted molar refractivity (Wildman–Crippen MR) is 132 cm³/mol. The van der Waals surface area contributed by atoms with Gasteiger partial charge in [-0.25, -0.2) is 0 Å². The van der Waals surface area contributed by atoms with Gasteiger partial charge in [0, 0.05) is 37.1 Å². The number of para-hydroxylation sites is 1. The van der Waals surface area contributed by atoms with Crippen molar-refractivity contribution in [2.45, 2.75) is 0 Å². The number of hydrogen-bond donors (Lipinski definition) is 1. The quantitative estimate of drug-likeness (QED) is 0.313. The lowest BCUT2D eigenvalue weighted by Crippen LogP contribution is -1.91. The Kier molecular flexibility index (Phi) is 4.03. The van der Waals surface area contributed by atoms with Crippen LogP contribution in [0.4, 0.5) is 11.4 Å². The lowest BCUT2D eigenvalue weighted by molar-refractivity contribution is 1.57. The molecule has 30 heavy (non-hydrogen) atoms. The van der Waals surface area contributed by atoms with Crippen LogP contribution in [0, 0.1) is 0 Å². The number of anilines is 2. The lowest BCUT2D eigenvalue weighted by Gasteiger charge is -2.11. The molecule has 5 aromatic carbocycles. The largest absolute Gasteiger partial charge is 0.355 e. The second-order valence-corrected chi connectivity index (χ2v) is 8.60. The second-order valence-electron chi connectivity index (χ2n) is 7.55. The van der Waals surface area contributed by atoms with Crippen molar-refractivity contribution in [2.24, 2.45) is 0 Å². The summed E-state index contributed by atoms with van der Waals surface area (Å²) in [6, 6.07) is 39.0. The summed E-state index contributed by atoms with van der Waals surface area (Å²) in [6.07, 6.45) is 0. The maximum Gasteiger partial charge on any atom is 0.0435 e. The van der Waals surface area contributed by atoms with E-state index in [4.69, 9.17) is 0 Å². The fourth-order valence-corrected chi connectivity index (χ4v) is 5.38. The van der Waals surface area contributed by atoms with Gasteiger partial charge in [-0.3, -0.25) is 0 Å². The number of rotatable bonds is 3. The molecule has 2 heteroatoms. The summed E-state index contributed by atoms with van der Waals surface area (Å²) in [5, 5.41) is 8.76. The zero-order chi connectivity index (χ0) is 19.9. The first kappa shape index (κ1) is 17.3. The number of benzene rings is 5. The Morgan fingerprint density at radius 3 is 2.20 bits per heavy atom. The van der Waals surface area contributed by atoms with Gasteiger partial charge in [0.15, 0.2) is 0 Å². The first-order valence-corrected chi connectivity index (χ1v) is 10.9. The topological polar surface area (TPSA) is 12.0 Å². The van der Waals surface area contributed by atoms with Crippen molar-refractivity contribution in [3.05, 3.63) is 109 Å². The molecule has 0 aliphatic carbocycles. The van der Waals surface area contributed by atoms with Crippen LogP contribution in [-0.4, -0.2) is 0 Å². The van der Waals surface area contributed by atoms with Gasteiger partial charge in [-0.15, -0.1) is 11.3 Å². The van der Waals surface area contributed by atoms with E-state index in [2.05, 4.69) is 108 Å². The Morgan fingerprint density at radius 1 is 0.533 bits per heavy atom. The zero-order valence-electron chi connectivity index (χ0n) is 16.3. The van der Waals surface area contributed by atoms with Crippen molar-refractivity contribution < 1.29 is 0 Å². The molecule has 1 aromatic heterocycles. The molecule has 6 aromatic rings. The molecule has 0 spiro atoms. The third-order valence-corrected chi connectivity index (χ3v) is 6.82. The van der Waals surface area contributed by atoms with Crippen molar-refractivity contribution >= 4 is 53.7 Å². The molecule has 0 fully saturated rings. The summed E-state index contributed by atoms with van der Waals surface area (Å²) < 4.78 is 2.66. The molecule has 6 rings (SSSR count). The molecule has 1 heterocycles. The van der Waals surface area contributed by atoms with E-state index in [-0.39, 0.29) is 0 Å². The molecule has 1 nitrogen and oxygen atoms in total. The minimum Gasteiger partial charge on any atom is -0.355 e. The highest BCUT2D eigenvalue weighted by atomic mass is 32.1. The maximum absolute atomic E-state index is 3.60. The Morgan fingerprint density at radius 2 is 1.30 bits per heavy atom. The number of hydrogen-bond acceptors (Lipinski definition) is 2. The molecular weight excluding hydrogens is 382 g/mol. The summed E-state index contributed by atoms with van der Waals surface area (Å²) in [5.41, 5.74) is 4.74. The third-order valence-electron chi connectivity index (χ3n) is 5.60. The molecule has 0 atom stereocenters. The van der Waals surface area contributed by atoms with E-state index in [1.54, 1.807) is 0 Å². The van der Waals surface area contributed by atoms with E-state index in [9.17, 15) is 0 Å². The van der Waals surface area contributed by atoms with Gasteiger partial charge < -0.3 is 5.32 Å². The molecule has 0 saturated carbocycles. The normalized spacial score (nSPS) is 11.3. The van der Waals surface area contributed by atoms with E-state index >= 15 is 0 Å². The van der Waals surface area contributed by atoms with Crippen LogP contribution in [0.15, 0.2) is 109 Å². The fourth-order valence-electron chi connectivity index (χ4n) is 4.16. The molecule has 1 N–H and O–H groups in total. The smallest absolute Gasteiger partial charge is 0.0435 e. The summed E-state index contributed by atoms with van der Waals surface area (Å²) >= 11 is 1.88. The summed E-state index contributed by atoms with van der Waals surface area (Å²) in [5.74, 6) is 0. The van der Waals surface area contributed by atoms with Gasteiger partial charge in [-0.1, -0.05) is 72.8 Å². The SMILES string of the molecule is c1ccc(Nc2cc(-c3ccc4ccccc4c3)c3sc4ccccc4c3c2)cc1. The first-order valence-electron chi connectivity index (χ1n) is 10.1. The molecule has 142 valence electrons. The van der Waals surface area contributed by atoms with Crippen LogP contribution in [0.3, 0.4) is 0 Å². The highest BCUT2D eigenvalue weighted by Crippen LogP contribution is 2.42. The van der Waals surface area contributed by atoms with Crippen molar-refractivity contribution in [1.29, 1.82) is 0 Å². The number of thiophene rings is 1. The maximum atomic E-state index is 3.60. The molecule has 0 aliphatic rings. The van der Waals surface area contributed by atoms with E-state index in [0.717, 1.165) is 11.4 Å². The van der Waals surface area contributed by atoms with E-state index in [0.29, 0.717) is 0 Å². The molecule has 0 amide bonds. The highest BCUT2D eigenvalue weighted by Gasteiger charge is 2.13. The summed E-state index contributed by atoms with van der Waals surface area (Å²) in [7, 11) is 0. The van der Waals surface area contributed by atoms with Crippen molar-refractivity contribution in [3.63, 3.8) is 0 Å². The van der Waals surface area contributed by atoms with Crippen molar-refractivity contribution in [2.75, 3.05) is 5.32 Å². The van der Waals surface area contributed by atoms with Gasteiger partial charge in [0.05, 0.1) is 0 Å². The molecular formula is C28H19NS. The van der Waals surface area contributed by atoms with Gasteiger partial charge in [0.1, 0.15) is 0 Å². The van der Waals surface area contributed by atoms with Crippen molar-refractivity contribution in [3.8, 4) is 11.1 Å². The standard InChI is InChI=1S/C28H19NS/c1-2-10-22(11-3-1)29-23-17-25(21-15-14-19-8-4-5-9-20(19)16-21)28-26(18-23)24-12-6-7-13-27(24)30-28/h1-18,29H. The number of nitrogens with one attached hydrogen (secondary N) is 1. The molecule has 0 radical (unpaired) electrons.